The van der Waals surface area contributed by atoms with Gasteiger partial charge in [0.25, 0.3) is 0 Å². The molecule has 1 aliphatic carbocycles. The van der Waals surface area contributed by atoms with E-state index in [1.54, 1.807) is 12.1 Å². The second kappa shape index (κ2) is 8.67. The van der Waals surface area contributed by atoms with Crippen molar-refractivity contribution >= 4 is 5.97 Å². The van der Waals surface area contributed by atoms with E-state index in [2.05, 4.69) is 13.0 Å². The number of benzene rings is 2. The number of nitriles is 1. The van der Waals surface area contributed by atoms with Gasteiger partial charge < -0.3 is 4.74 Å². The number of esters is 1. The van der Waals surface area contributed by atoms with Crippen LogP contribution in [0.3, 0.4) is 0 Å². The molecule has 2 aromatic rings. The van der Waals surface area contributed by atoms with E-state index in [0.29, 0.717) is 11.3 Å². The highest BCUT2D eigenvalue weighted by Crippen LogP contribution is 2.32. The number of hydrogen-bond donors (Lipinski definition) is 0. The fraction of sp³-hybridized carbons (Fsp3) is 0.391. The van der Waals surface area contributed by atoms with Gasteiger partial charge in [0.2, 0.25) is 0 Å². The number of carbonyl (C=O) groups is 1. The van der Waals surface area contributed by atoms with Gasteiger partial charge in [-0.2, -0.15) is 5.26 Å². The van der Waals surface area contributed by atoms with Gasteiger partial charge in [-0.1, -0.05) is 44.0 Å². The third-order valence-electron chi connectivity index (χ3n) is 5.30. The van der Waals surface area contributed by atoms with E-state index < -0.39 is 0 Å². The van der Waals surface area contributed by atoms with Crippen molar-refractivity contribution in [1.82, 2.24) is 0 Å². The van der Waals surface area contributed by atoms with E-state index in [1.165, 1.54) is 12.8 Å². The quantitative estimate of drug-likeness (QED) is 0.512. The fourth-order valence-electron chi connectivity index (χ4n) is 3.75. The van der Waals surface area contributed by atoms with Crippen LogP contribution in [-0.4, -0.2) is 5.97 Å². The van der Waals surface area contributed by atoms with Gasteiger partial charge in [0.05, 0.1) is 17.6 Å². The van der Waals surface area contributed by atoms with E-state index in [-0.39, 0.29) is 11.9 Å². The van der Waals surface area contributed by atoms with Crippen molar-refractivity contribution in [3.8, 4) is 22.9 Å². The van der Waals surface area contributed by atoms with Gasteiger partial charge in [0.1, 0.15) is 5.75 Å². The Labute approximate surface area is 155 Å². The minimum atomic E-state index is -0.0916. The molecule has 0 spiro atoms. The van der Waals surface area contributed by atoms with Crippen molar-refractivity contribution in [2.24, 2.45) is 11.8 Å². The Morgan fingerprint density at radius 2 is 1.58 bits per heavy atom. The molecule has 1 saturated carbocycles. The van der Waals surface area contributed by atoms with Crippen molar-refractivity contribution in [3.05, 3.63) is 54.1 Å². The molecule has 3 nitrogen and oxygen atoms in total. The van der Waals surface area contributed by atoms with Crippen LogP contribution >= 0.6 is 0 Å². The molecule has 3 heteroatoms. The summed E-state index contributed by atoms with van der Waals surface area (Å²) in [5, 5.41) is 8.87. The lowest BCUT2D eigenvalue weighted by Crippen LogP contribution is -2.25. The van der Waals surface area contributed by atoms with Gasteiger partial charge in [0, 0.05) is 0 Å². The largest absolute Gasteiger partial charge is 0.426 e. The molecule has 0 radical (unpaired) electrons. The SMILES string of the molecule is CCCC1CCC(C(=O)Oc2ccc(-c3ccc(C#N)cc3)cc2)CC1. The lowest BCUT2D eigenvalue weighted by atomic mass is 9.80. The number of ether oxygens (including phenoxy) is 1. The fourth-order valence-corrected chi connectivity index (χ4v) is 3.75. The summed E-state index contributed by atoms with van der Waals surface area (Å²) in [6.07, 6.45) is 6.69. The third kappa shape index (κ3) is 4.52. The normalized spacial score (nSPS) is 19.5. The number of rotatable bonds is 5. The Balaban J connectivity index is 1.57. The van der Waals surface area contributed by atoms with E-state index in [4.69, 9.17) is 10.00 Å². The first kappa shape index (κ1) is 18.2. The van der Waals surface area contributed by atoms with Crippen LogP contribution in [0.15, 0.2) is 48.5 Å². The van der Waals surface area contributed by atoms with Crippen LogP contribution < -0.4 is 4.74 Å². The summed E-state index contributed by atoms with van der Waals surface area (Å²) in [7, 11) is 0. The molecular formula is C23H25NO2. The molecule has 0 amide bonds. The summed E-state index contributed by atoms with van der Waals surface area (Å²) in [4.78, 5) is 12.4. The van der Waals surface area contributed by atoms with Crippen molar-refractivity contribution in [2.45, 2.75) is 45.4 Å². The average molecular weight is 347 g/mol. The Hall–Kier alpha value is -2.60. The lowest BCUT2D eigenvalue weighted by Gasteiger charge is -2.26. The highest BCUT2D eigenvalue weighted by molar-refractivity contribution is 5.75. The molecule has 0 bridgehead atoms. The third-order valence-corrected chi connectivity index (χ3v) is 5.30. The standard InChI is InChI=1S/C23H25NO2/c1-2-3-17-4-10-21(11-5-17)23(25)26-22-14-12-20(13-15-22)19-8-6-18(16-24)7-9-19/h6-9,12-15,17,21H,2-5,10-11H2,1H3. The molecule has 0 N–H and O–H groups in total. The van der Waals surface area contributed by atoms with E-state index in [9.17, 15) is 4.79 Å². The zero-order chi connectivity index (χ0) is 18.4. The summed E-state index contributed by atoms with van der Waals surface area (Å²) < 4.78 is 5.59. The second-order valence-corrected chi connectivity index (χ2v) is 7.14. The Kier molecular flexibility index (Phi) is 6.07. The molecule has 0 aromatic heterocycles. The number of hydrogen-bond acceptors (Lipinski definition) is 3. The molecule has 0 saturated heterocycles. The maximum atomic E-state index is 12.4. The maximum absolute atomic E-state index is 12.4. The summed E-state index contributed by atoms with van der Waals surface area (Å²) in [6.45, 7) is 2.22. The molecule has 2 aromatic carbocycles. The molecule has 1 fully saturated rings. The molecule has 3 rings (SSSR count). The highest BCUT2D eigenvalue weighted by atomic mass is 16.5. The van der Waals surface area contributed by atoms with Gasteiger partial charge in [-0.3, -0.25) is 4.79 Å². The monoisotopic (exact) mass is 347 g/mol. The van der Waals surface area contributed by atoms with Gasteiger partial charge in [-0.15, -0.1) is 0 Å². The molecule has 0 atom stereocenters. The van der Waals surface area contributed by atoms with E-state index in [1.807, 2.05) is 36.4 Å². The van der Waals surface area contributed by atoms with Crippen LogP contribution in [0.1, 0.15) is 51.0 Å². The van der Waals surface area contributed by atoms with Crippen LogP contribution in [0, 0.1) is 23.2 Å². The van der Waals surface area contributed by atoms with Crippen LogP contribution in [0.25, 0.3) is 11.1 Å². The van der Waals surface area contributed by atoms with Crippen LogP contribution in [0.4, 0.5) is 0 Å². The molecule has 26 heavy (non-hydrogen) atoms. The van der Waals surface area contributed by atoms with Crippen LogP contribution in [0.5, 0.6) is 5.75 Å². The van der Waals surface area contributed by atoms with Crippen LogP contribution in [-0.2, 0) is 4.79 Å². The van der Waals surface area contributed by atoms with Gasteiger partial charge in [0.15, 0.2) is 0 Å². The minimum Gasteiger partial charge on any atom is -0.426 e. The van der Waals surface area contributed by atoms with Crippen LogP contribution in [0.2, 0.25) is 0 Å². The smallest absolute Gasteiger partial charge is 0.314 e. The maximum Gasteiger partial charge on any atom is 0.314 e. The van der Waals surface area contributed by atoms with Crippen molar-refractivity contribution < 1.29 is 9.53 Å². The zero-order valence-electron chi connectivity index (χ0n) is 15.3. The van der Waals surface area contributed by atoms with E-state index >= 15 is 0 Å². The molecular weight excluding hydrogens is 322 g/mol. The van der Waals surface area contributed by atoms with Crippen molar-refractivity contribution in [1.29, 1.82) is 5.26 Å². The molecule has 0 aliphatic heterocycles. The zero-order valence-corrected chi connectivity index (χ0v) is 15.3. The predicted octanol–water partition coefficient (Wildman–Crippen LogP) is 5.74. The first-order chi connectivity index (χ1) is 12.7. The summed E-state index contributed by atoms with van der Waals surface area (Å²) in [5.41, 5.74) is 2.72. The Morgan fingerprint density at radius 3 is 2.12 bits per heavy atom. The number of carbonyl (C=O) groups excluding carboxylic acids is 1. The first-order valence-corrected chi connectivity index (χ1v) is 9.52. The molecule has 134 valence electrons. The van der Waals surface area contributed by atoms with Crippen molar-refractivity contribution in [3.63, 3.8) is 0 Å². The van der Waals surface area contributed by atoms with Gasteiger partial charge >= 0.3 is 5.97 Å². The molecule has 0 unspecified atom stereocenters. The minimum absolute atomic E-state index is 0.0429. The van der Waals surface area contributed by atoms with Gasteiger partial charge in [-0.05, 0) is 67.0 Å². The Bertz CT molecular complexity index is 763. The first-order valence-electron chi connectivity index (χ1n) is 9.52. The highest BCUT2D eigenvalue weighted by Gasteiger charge is 2.27. The second-order valence-electron chi connectivity index (χ2n) is 7.14. The average Bonchev–Trinajstić information content (AvgIpc) is 2.69. The Morgan fingerprint density at radius 1 is 1.00 bits per heavy atom. The molecule has 1 aliphatic rings. The summed E-state index contributed by atoms with van der Waals surface area (Å²) in [6, 6.07) is 17.2. The molecule has 0 heterocycles. The topological polar surface area (TPSA) is 50.1 Å². The summed E-state index contributed by atoms with van der Waals surface area (Å²) in [5.74, 6) is 1.34. The van der Waals surface area contributed by atoms with E-state index in [0.717, 1.165) is 42.7 Å². The lowest BCUT2D eigenvalue weighted by molar-refractivity contribution is -0.140. The van der Waals surface area contributed by atoms with Crippen molar-refractivity contribution in [2.75, 3.05) is 0 Å². The predicted molar refractivity (Wildman–Crippen MR) is 103 cm³/mol. The summed E-state index contributed by atoms with van der Waals surface area (Å²) >= 11 is 0. The number of nitrogens with zero attached hydrogens (tertiary/aromatic N) is 1. The van der Waals surface area contributed by atoms with Gasteiger partial charge in [-0.25, -0.2) is 0 Å².